The van der Waals surface area contributed by atoms with Crippen molar-refractivity contribution in [1.29, 1.82) is 0 Å². The van der Waals surface area contributed by atoms with Crippen LogP contribution in [0.3, 0.4) is 0 Å². The number of hydrogen-bond acceptors (Lipinski definition) is 2. The SMILES string of the molecule is Cc1c(Cl)cccc1-c1cnn(CC(=O)O)c1. The number of nitrogens with zero attached hydrogens (tertiary/aromatic N) is 2. The molecule has 0 aliphatic rings. The number of aromatic nitrogens is 2. The van der Waals surface area contributed by atoms with Crippen molar-refractivity contribution in [3.05, 3.63) is 41.2 Å². The maximum Gasteiger partial charge on any atom is 0.325 e. The van der Waals surface area contributed by atoms with Gasteiger partial charge in [-0.2, -0.15) is 5.10 Å². The highest BCUT2D eigenvalue weighted by molar-refractivity contribution is 6.31. The topological polar surface area (TPSA) is 55.1 Å². The molecule has 1 N–H and O–H groups in total. The molecule has 17 heavy (non-hydrogen) atoms. The summed E-state index contributed by atoms with van der Waals surface area (Å²) in [4.78, 5) is 10.6. The van der Waals surface area contributed by atoms with E-state index in [4.69, 9.17) is 16.7 Å². The molecule has 1 heterocycles. The summed E-state index contributed by atoms with van der Waals surface area (Å²) in [5, 5.41) is 13.3. The lowest BCUT2D eigenvalue weighted by atomic mass is 10.0. The Hall–Kier alpha value is -1.81. The van der Waals surface area contributed by atoms with Gasteiger partial charge in [-0.25, -0.2) is 0 Å². The first-order valence-electron chi connectivity index (χ1n) is 5.07. The Balaban J connectivity index is 2.37. The van der Waals surface area contributed by atoms with Crippen LogP contribution in [0.4, 0.5) is 0 Å². The maximum atomic E-state index is 10.6. The molecule has 2 aromatic rings. The Morgan fingerprint density at radius 1 is 1.53 bits per heavy atom. The van der Waals surface area contributed by atoms with Gasteiger partial charge in [-0.3, -0.25) is 9.48 Å². The Kier molecular flexibility index (Phi) is 3.15. The standard InChI is InChI=1S/C12H11ClN2O2/c1-8-10(3-2-4-11(8)13)9-5-14-15(6-9)7-12(16)17/h2-6H,7H2,1H3,(H,16,17). The van der Waals surface area contributed by atoms with Crippen molar-refractivity contribution in [2.24, 2.45) is 0 Å². The van der Waals surface area contributed by atoms with Gasteiger partial charge in [-0.1, -0.05) is 23.7 Å². The molecule has 0 unspecified atom stereocenters. The minimum absolute atomic E-state index is 0.139. The number of halogens is 1. The summed E-state index contributed by atoms with van der Waals surface area (Å²) in [6.45, 7) is 1.78. The minimum Gasteiger partial charge on any atom is -0.480 e. The summed E-state index contributed by atoms with van der Waals surface area (Å²) in [5.41, 5.74) is 2.80. The van der Waals surface area contributed by atoms with E-state index in [9.17, 15) is 4.79 Å². The van der Waals surface area contributed by atoms with Gasteiger partial charge in [0.1, 0.15) is 6.54 Å². The molecule has 4 nitrogen and oxygen atoms in total. The number of carboxylic acids is 1. The lowest BCUT2D eigenvalue weighted by Gasteiger charge is -2.04. The number of carboxylic acid groups (broad SMARTS) is 1. The fourth-order valence-corrected chi connectivity index (χ4v) is 1.82. The van der Waals surface area contributed by atoms with Crippen LogP contribution in [0.25, 0.3) is 11.1 Å². The van der Waals surface area contributed by atoms with Crippen LogP contribution in [0, 0.1) is 6.92 Å². The molecular weight excluding hydrogens is 240 g/mol. The number of hydrogen-bond donors (Lipinski definition) is 1. The van der Waals surface area contributed by atoms with Gasteiger partial charge in [-0.05, 0) is 24.1 Å². The maximum absolute atomic E-state index is 10.6. The normalized spacial score (nSPS) is 10.5. The summed E-state index contributed by atoms with van der Waals surface area (Å²) in [7, 11) is 0. The van der Waals surface area contributed by atoms with Gasteiger partial charge in [0.05, 0.1) is 6.20 Å². The summed E-state index contributed by atoms with van der Waals surface area (Å²) >= 11 is 6.03. The number of rotatable bonds is 3. The van der Waals surface area contributed by atoms with E-state index >= 15 is 0 Å². The highest BCUT2D eigenvalue weighted by Crippen LogP contribution is 2.27. The van der Waals surface area contributed by atoms with E-state index in [2.05, 4.69) is 5.10 Å². The predicted octanol–water partition coefficient (Wildman–Crippen LogP) is 2.60. The number of benzene rings is 1. The highest BCUT2D eigenvalue weighted by atomic mass is 35.5. The van der Waals surface area contributed by atoms with Gasteiger partial charge in [0, 0.05) is 16.8 Å². The van der Waals surface area contributed by atoms with Crippen LogP contribution in [-0.4, -0.2) is 20.9 Å². The van der Waals surface area contributed by atoms with Gasteiger partial charge in [0.25, 0.3) is 0 Å². The lowest BCUT2D eigenvalue weighted by molar-refractivity contribution is -0.137. The molecule has 0 aliphatic carbocycles. The zero-order chi connectivity index (χ0) is 12.4. The van der Waals surface area contributed by atoms with Crippen molar-refractivity contribution in [2.45, 2.75) is 13.5 Å². The summed E-state index contributed by atoms with van der Waals surface area (Å²) in [5.74, 6) is -0.914. The monoisotopic (exact) mass is 250 g/mol. The second kappa shape index (κ2) is 4.59. The molecule has 1 aromatic carbocycles. The van der Waals surface area contributed by atoms with E-state index in [1.165, 1.54) is 4.68 Å². The third-order valence-electron chi connectivity index (χ3n) is 2.51. The van der Waals surface area contributed by atoms with Gasteiger partial charge in [-0.15, -0.1) is 0 Å². The first-order valence-corrected chi connectivity index (χ1v) is 5.45. The van der Waals surface area contributed by atoms with E-state index < -0.39 is 5.97 Å². The van der Waals surface area contributed by atoms with E-state index in [0.29, 0.717) is 5.02 Å². The van der Waals surface area contributed by atoms with E-state index in [1.807, 2.05) is 25.1 Å². The average Bonchev–Trinajstić information content (AvgIpc) is 2.69. The van der Waals surface area contributed by atoms with Crippen LogP contribution in [-0.2, 0) is 11.3 Å². The van der Waals surface area contributed by atoms with Crippen LogP contribution < -0.4 is 0 Å². The largest absolute Gasteiger partial charge is 0.480 e. The Morgan fingerprint density at radius 2 is 2.29 bits per heavy atom. The van der Waals surface area contributed by atoms with Crippen molar-refractivity contribution in [3.8, 4) is 11.1 Å². The molecule has 0 bridgehead atoms. The molecule has 2 rings (SSSR count). The fraction of sp³-hybridized carbons (Fsp3) is 0.167. The fourth-order valence-electron chi connectivity index (χ4n) is 1.65. The van der Waals surface area contributed by atoms with Crippen LogP contribution >= 0.6 is 11.6 Å². The molecule has 0 spiro atoms. The molecule has 5 heteroatoms. The molecule has 0 atom stereocenters. The molecule has 0 radical (unpaired) electrons. The molecule has 0 amide bonds. The van der Waals surface area contributed by atoms with E-state index in [1.54, 1.807) is 12.4 Å². The zero-order valence-corrected chi connectivity index (χ0v) is 9.98. The average molecular weight is 251 g/mol. The van der Waals surface area contributed by atoms with Crippen molar-refractivity contribution >= 4 is 17.6 Å². The first-order chi connectivity index (χ1) is 8.08. The molecule has 1 aromatic heterocycles. The molecule has 0 fully saturated rings. The van der Waals surface area contributed by atoms with Crippen LogP contribution in [0.15, 0.2) is 30.6 Å². The number of carbonyl (C=O) groups is 1. The predicted molar refractivity (Wildman–Crippen MR) is 65.0 cm³/mol. The van der Waals surface area contributed by atoms with E-state index in [0.717, 1.165) is 16.7 Å². The van der Waals surface area contributed by atoms with Crippen molar-refractivity contribution in [3.63, 3.8) is 0 Å². The Labute approximate surface area is 103 Å². The van der Waals surface area contributed by atoms with E-state index in [-0.39, 0.29) is 6.54 Å². The van der Waals surface area contributed by atoms with Crippen LogP contribution in [0.1, 0.15) is 5.56 Å². The van der Waals surface area contributed by atoms with Gasteiger partial charge in [0.15, 0.2) is 0 Å². The summed E-state index contributed by atoms with van der Waals surface area (Å²) < 4.78 is 1.39. The Morgan fingerprint density at radius 3 is 3.00 bits per heavy atom. The smallest absolute Gasteiger partial charge is 0.325 e. The second-order valence-electron chi connectivity index (χ2n) is 3.73. The zero-order valence-electron chi connectivity index (χ0n) is 9.22. The summed E-state index contributed by atoms with van der Waals surface area (Å²) in [6.07, 6.45) is 3.34. The molecule has 0 saturated heterocycles. The second-order valence-corrected chi connectivity index (χ2v) is 4.14. The minimum atomic E-state index is -0.914. The third kappa shape index (κ3) is 2.47. The van der Waals surface area contributed by atoms with Crippen molar-refractivity contribution in [1.82, 2.24) is 9.78 Å². The first kappa shape index (κ1) is 11.7. The van der Waals surface area contributed by atoms with Gasteiger partial charge >= 0.3 is 5.97 Å². The van der Waals surface area contributed by atoms with Gasteiger partial charge < -0.3 is 5.11 Å². The third-order valence-corrected chi connectivity index (χ3v) is 2.92. The quantitative estimate of drug-likeness (QED) is 0.911. The van der Waals surface area contributed by atoms with Gasteiger partial charge in [0.2, 0.25) is 0 Å². The molecular formula is C12H11ClN2O2. The lowest BCUT2D eigenvalue weighted by Crippen LogP contribution is -2.08. The van der Waals surface area contributed by atoms with Crippen LogP contribution in [0.2, 0.25) is 5.02 Å². The summed E-state index contributed by atoms with van der Waals surface area (Å²) in [6, 6.07) is 5.62. The van der Waals surface area contributed by atoms with Crippen molar-refractivity contribution < 1.29 is 9.90 Å². The highest BCUT2D eigenvalue weighted by Gasteiger charge is 2.08. The number of aliphatic carboxylic acids is 1. The Bertz CT molecular complexity index is 563. The van der Waals surface area contributed by atoms with Crippen LogP contribution in [0.5, 0.6) is 0 Å². The van der Waals surface area contributed by atoms with Crippen molar-refractivity contribution in [2.75, 3.05) is 0 Å². The molecule has 88 valence electrons. The molecule has 0 saturated carbocycles. The molecule has 0 aliphatic heterocycles.